The van der Waals surface area contributed by atoms with Crippen LogP contribution in [0, 0.1) is 0 Å². The highest BCUT2D eigenvalue weighted by atomic mass is 35.5. The van der Waals surface area contributed by atoms with Crippen LogP contribution in [-0.2, 0) is 4.74 Å². The molecule has 1 aliphatic heterocycles. The molecular weight excluding hydrogens is 208 g/mol. The molecule has 0 amide bonds. The molecular formula is C13H23ClO. The summed E-state index contributed by atoms with van der Waals surface area (Å²) in [5.41, 5.74) is 0. The third kappa shape index (κ3) is 5.58. The SMILES string of the molecule is CCCCCCCC1C=CCC(CCl)O1. The first-order valence-corrected chi connectivity index (χ1v) is 6.78. The smallest absolute Gasteiger partial charge is 0.0760 e. The normalized spacial score (nSPS) is 25.7. The first-order valence-electron chi connectivity index (χ1n) is 6.25. The maximum Gasteiger partial charge on any atom is 0.0760 e. The Morgan fingerprint density at radius 2 is 2.07 bits per heavy atom. The van der Waals surface area contributed by atoms with Crippen molar-refractivity contribution in [2.24, 2.45) is 0 Å². The first kappa shape index (κ1) is 13.1. The van der Waals surface area contributed by atoms with Crippen molar-refractivity contribution in [3.8, 4) is 0 Å². The highest BCUT2D eigenvalue weighted by Crippen LogP contribution is 2.18. The van der Waals surface area contributed by atoms with Gasteiger partial charge in [0.05, 0.1) is 12.2 Å². The van der Waals surface area contributed by atoms with Gasteiger partial charge in [0, 0.05) is 5.88 Å². The lowest BCUT2D eigenvalue weighted by Crippen LogP contribution is -2.25. The van der Waals surface area contributed by atoms with Gasteiger partial charge in [0.15, 0.2) is 0 Å². The summed E-state index contributed by atoms with van der Waals surface area (Å²) < 4.78 is 5.82. The van der Waals surface area contributed by atoms with Gasteiger partial charge in [0.1, 0.15) is 0 Å². The number of unbranched alkanes of at least 4 members (excludes halogenated alkanes) is 4. The molecule has 0 aromatic heterocycles. The molecule has 0 saturated heterocycles. The largest absolute Gasteiger partial charge is 0.369 e. The van der Waals surface area contributed by atoms with E-state index in [1.807, 2.05) is 0 Å². The molecule has 0 saturated carbocycles. The van der Waals surface area contributed by atoms with Gasteiger partial charge >= 0.3 is 0 Å². The fourth-order valence-corrected chi connectivity index (χ4v) is 2.14. The van der Waals surface area contributed by atoms with Gasteiger partial charge in [0.2, 0.25) is 0 Å². The zero-order chi connectivity index (χ0) is 10.9. The molecule has 0 bridgehead atoms. The van der Waals surface area contributed by atoms with Gasteiger partial charge in [-0.2, -0.15) is 0 Å². The van der Waals surface area contributed by atoms with Gasteiger partial charge < -0.3 is 4.74 Å². The standard InChI is InChI=1S/C13H23ClO/c1-2-3-4-5-6-8-12-9-7-10-13(11-14)15-12/h7,9,12-13H,2-6,8,10-11H2,1H3. The second-order valence-corrected chi connectivity index (χ2v) is 4.63. The van der Waals surface area contributed by atoms with E-state index in [9.17, 15) is 0 Å². The Kier molecular flexibility index (Phi) is 7.12. The minimum atomic E-state index is 0.248. The average molecular weight is 231 g/mol. The van der Waals surface area contributed by atoms with Crippen LogP contribution in [0.25, 0.3) is 0 Å². The Morgan fingerprint density at radius 3 is 2.80 bits per heavy atom. The Bertz CT molecular complexity index is 179. The zero-order valence-corrected chi connectivity index (χ0v) is 10.5. The molecule has 2 atom stereocenters. The number of rotatable bonds is 7. The summed E-state index contributed by atoms with van der Waals surface area (Å²) in [7, 11) is 0. The predicted octanol–water partition coefficient (Wildman–Crippen LogP) is 4.30. The molecule has 2 unspecified atom stereocenters. The van der Waals surface area contributed by atoms with Crippen molar-refractivity contribution in [3.63, 3.8) is 0 Å². The van der Waals surface area contributed by atoms with E-state index in [0.717, 1.165) is 12.8 Å². The van der Waals surface area contributed by atoms with Crippen LogP contribution >= 0.6 is 11.6 Å². The molecule has 0 aliphatic carbocycles. The topological polar surface area (TPSA) is 9.23 Å². The van der Waals surface area contributed by atoms with Crippen molar-refractivity contribution >= 4 is 11.6 Å². The second-order valence-electron chi connectivity index (χ2n) is 4.32. The quantitative estimate of drug-likeness (QED) is 0.360. The van der Waals surface area contributed by atoms with Gasteiger partial charge in [-0.3, -0.25) is 0 Å². The van der Waals surface area contributed by atoms with Crippen molar-refractivity contribution < 1.29 is 4.74 Å². The molecule has 2 heteroatoms. The van der Waals surface area contributed by atoms with Crippen molar-refractivity contribution in [3.05, 3.63) is 12.2 Å². The molecule has 88 valence electrons. The zero-order valence-electron chi connectivity index (χ0n) is 9.75. The molecule has 0 aromatic rings. The van der Waals surface area contributed by atoms with Gasteiger partial charge in [-0.25, -0.2) is 0 Å². The third-order valence-electron chi connectivity index (χ3n) is 2.88. The molecule has 0 fully saturated rings. The van der Waals surface area contributed by atoms with E-state index in [0.29, 0.717) is 12.0 Å². The Balaban J connectivity index is 2.05. The molecule has 0 N–H and O–H groups in total. The molecule has 1 aliphatic rings. The van der Waals surface area contributed by atoms with E-state index >= 15 is 0 Å². The summed E-state index contributed by atoms with van der Waals surface area (Å²) in [5, 5.41) is 0. The summed E-state index contributed by atoms with van der Waals surface area (Å²) in [6.07, 6.45) is 13.8. The molecule has 1 heterocycles. The van der Waals surface area contributed by atoms with Crippen LogP contribution in [-0.4, -0.2) is 18.1 Å². The molecule has 1 nitrogen and oxygen atoms in total. The van der Waals surface area contributed by atoms with Crippen molar-refractivity contribution in [2.45, 2.75) is 64.1 Å². The Hall–Kier alpha value is -0.0100. The van der Waals surface area contributed by atoms with E-state index in [1.165, 1.54) is 32.1 Å². The van der Waals surface area contributed by atoms with Crippen LogP contribution < -0.4 is 0 Å². The van der Waals surface area contributed by atoms with Crippen molar-refractivity contribution in [2.75, 3.05) is 5.88 Å². The van der Waals surface area contributed by atoms with Gasteiger partial charge in [-0.15, -0.1) is 11.6 Å². The van der Waals surface area contributed by atoms with Gasteiger partial charge in [-0.1, -0.05) is 51.2 Å². The van der Waals surface area contributed by atoms with E-state index in [4.69, 9.17) is 16.3 Å². The van der Waals surface area contributed by atoms with Crippen LogP contribution in [0.5, 0.6) is 0 Å². The summed E-state index contributed by atoms with van der Waals surface area (Å²) in [4.78, 5) is 0. The maximum atomic E-state index is 5.82. The van der Waals surface area contributed by atoms with Crippen LogP contribution in [0.15, 0.2) is 12.2 Å². The van der Waals surface area contributed by atoms with Gasteiger partial charge in [-0.05, 0) is 12.8 Å². The monoisotopic (exact) mass is 230 g/mol. The fraction of sp³-hybridized carbons (Fsp3) is 0.846. The highest BCUT2D eigenvalue weighted by molar-refractivity contribution is 6.18. The minimum absolute atomic E-state index is 0.248. The van der Waals surface area contributed by atoms with E-state index in [1.54, 1.807) is 0 Å². The average Bonchev–Trinajstić information content (AvgIpc) is 2.29. The lowest BCUT2D eigenvalue weighted by Gasteiger charge is -2.24. The summed E-state index contributed by atoms with van der Waals surface area (Å²) >= 11 is 5.79. The number of alkyl halides is 1. The van der Waals surface area contributed by atoms with Crippen molar-refractivity contribution in [1.82, 2.24) is 0 Å². The maximum absolute atomic E-state index is 5.82. The number of halogens is 1. The number of hydrogen-bond acceptors (Lipinski definition) is 1. The summed E-state index contributed by atoms with van der Waals surface area (Å²) in [5.74, 6) is 0.622. The fourth-order valence-electron chi connectivity index (χ4n) is 1.94. The number of hydrogen-bond donors (Lipinski definition) is 0. The summed E-state index contributed by atoms with van der Waals surface area (Å²) in [6, 6.07) is 0. The Morgan fingerprint density at radius 1 is 1.27 bits per heavy atom. The molecule has 0 aromatic carbocycles. The minimum Gasteiger partial charge on any atom is -0.369 e. The summed E-state index contributed by atoms with van der Waals surface area (Å²) in [6.45, 7) is 2.25. The van der Waals surface area contributed by atoms with Crippen LogP contribution in [0.4, 0.5) is 0 Å². The Labute approximate surface area is 98.8 Å². The van der Waals surface area contributed by atoms with Crippen molar-refractivity contribution in [1.29, 1.82) is 0 Å². The van der Waals surface area contributed by atoms with Crippen LogP contribution in [0.3, 0.4) is 0 Å². The first-order chi connectivity index (χ1) is 7.36. The highest BCUT2D eigenvalue weighted by Gasteiger charge is 2.16. The molecule has 15 heavy (non-hydrogen) atoms. The third-order valence-corrected chi connectivity index (χ3v) is 3.23. The predicted molar refractivity (Wildman–Crippen MR) is 66.5 cm³/mol. The van der Waals surface area contributed by atoms with Gasteiger partial charge in [0.25, 0.3) is 0 Å². The molecule has 1 rings (SSSR count). The van der Waals surface area contributed by atoms with E-state index in [2.05, 4.69) is 19.1 Å². The number of ether oxygens (including phenoxy) is 1. The molecule has 0 spiro atoms. The van der Waals surface area contributed by atoms with E-state index in [-0.39, 0.29) is 6.10 Å². The van der Waals surface area contributed by atoms with E-state index < -0.39 is 0 Å². The van der Waals surface area contributed by atoms with Crippen LogP contribution in [0.1, 0.15) is 51.9 Å². The lowest BCUT2D eigenvalue weighted by atomic mass is 10.1. The lowest BCUT2D eigenvalue weighted by molar-refractivity contribution is 0.0142. The van der Waals surface area contributed by atoms with Crippen LogP contribution in [0.2, 0.25) is 0 Å². The second kappa shape index (κ2) is 8.18. The molecule has 0 radical (unpaired) electrons.